The second-order valence-electron chi connectivity index (χ2n) is 4.83. The maximum absolute atomic E-state index is 13.9. The largest absolute Gasteiger partial charge is 0.494 e. The molecule has 2 aromatic rings. The highest BCUT2D eigenvalue weighted by molar-refractivity contribution is 5.54. The third-order valence-corrected chi connectivity index (χ3v) is 3.75. The van der Waals surface area contributed by atoms with E-state index >= 15 is 0 Å². The van der Waals surface area contributed by atoms with Gasteiger partial charge in [0, 0.05) is 6.54 Å². The molecular weight excluding hydrogens is 257 g/mol. The molecule has 0 radical (unpaired) electrons. The van der Waals surface area contributed by atoms with Gasteiger partial charge >= 0.3 is 0 Å². The van der Waals surface area contributed by atoms with Gasteiger partial charge in [-0.15, -0.1) is 0 Å². The van der Waals surface area contributed by atoms with E-state index in [1.54, 1.807) is 24.5 Å². The van der Waals surface area contributed by atoms with Crippen molar-refractivity contribution in [2.75, 3.05) is 12.0 Å². The number of fused-ring (bicyclic) bond motifs is 1. The van der Waals surface area contributed by atoms with E-state index in [0.29, 0.717) is 5.75 Å². The highest BCUT2D eigenvalue weighted by atomic mass is 19.1. The van der Waals surface area contributed by atoms with Crippen LogP contribution in [0.15, 0.2) is 30.9 Å². The zero-order valence-electron chi connectivity index (χ0n) is 11.5. The summed E-state index contributed by atoms with van der Waals surface area (Å²) < 4.78 is 19.0. The highest BCUT2D eigenvalue weighted by Crippen LogP contribution is 2.41. The first-order chi connectivity index (χ1) is 9.74. The van der Waals surface area contributed by atoms with E-state index in [1.165, 1.54) is 13.4 Å². The smallest absolute Gasteiger partial charge is 0.165 e. The summed E-state index contributed by atoms with van der Waals surface area (Å²) in [5, 5.41) is 0. The van der Waals surface area contributed by atoms with E-state index in [-0.39, 0.29) is 11.9 Å². The van der Waals surface area contributed by atoms with Gasteiger partial charge in [-0.05, 0) is 29.7 Å². The molecule has 3 rings (SSSR count). The number of rotatable bonds is 3. The average molecular weight is 273 g/mol. The molecule has 0 amide bonds. The average Bonchev–Trinajstić information content (AvgIpc) is 2.84. The van der Waals surface area contributed by atoms with E-state index in [1.807, 2.05) is 0 Å². The minimum atomic E-state index is -0.309. The molecule has 1 aliphatic heterocycles. The van der Waals surface area contributed by atoms with Crippen LogP contribution in [-0.2, 0) is 6.54 Å². The van der Waals surface area contributed by atoms with Crippen molar-refractivity contribution in [1.82, 2.24) is 9.97 Å². The van der Waals surface area contributed by atoms with E-state index in [4.69, 9.17) is 4.74 Å². The molecule has 0 saturated heterocycles. The standard InChI is InChI=1S/C15H16FN3O/c1-3-14-12-5-13(16)15(20-2)4-10(12)8-19(14)11-6-17-9-18-7-11/h4-7,9,14H,3,8H2,1-2H3. The molecule has 1 atom stereocenters. The van der Waals surface area contributed by atoms with Crippen molar-refractivity contribution in [3.05, 3.63) is 47.8 Å². The molecule has 1 aromatic carbocycles. The first-order valence-corrected chi connectivity index (χ1v) is 6.62. The molecule has 0 fully saturated rings. The zero-order chi connectivity index (χ0) is 14.1. The van der Waals surface area contributed by atoms with Gasteiger partial charge in [-0.3, -0.25) is 0 Å². The van der Waals surface area contributed by atoms with Gasteiger partial charge in [-0.25, -0.2) is 14.4 Å². The SMILES string of the molecule is CCC1c2cc(F)c(OC)cc2CN1c1cncnc1. The maximum atomic E-state index is 13.9. The summed E-state index contributed by atoms with van der Waals surface area (Å²) in [5.74, 6) is -0.0133. The summed E-state index contributed by atoms with van der Waals surface area (Å²) in [4.78, 5) is 10.3. The normalized spacial score (nSPS) is 17.1. The molecule has 0 bridgehead atoms. The van der Waals surface area contributed by atoms with Crippen molar-refractivity contribution >= 4 is 5.69 Å². The Labute approximate surface area is 117 Å². The Bertz CT molecular complexity index is 618. The Hall–Kier alpha value is -2.17. The first kappa shape index (κ1) is 12.8. The molecule has 0 spiro atoms. The Morgan fingerprint density at radius 3 is 2.75 bits per heavy atom. The van der Waals surface area contributed by atoms with Crippen LogP contribution in [0.25, 0.3) is 0 Å². The van der Waals surface area contributed by atoms with Crippen LogP contribution in [-0.4, -0.2) is 17.1 Å². The van der Waals surface area contributed by atoms with Crippen molar-refractivity contribution in [3.63, 3.8) is 0 Å². The van der Waals surface area contributed by atoms with Gasteiger partial charge in [0.1, 0.15) is 6.33 Å². The summed E-state index contributed by atoms with van der Waals surface area (Å²) in [6.07, 6.45) is 5.98. The zero-order valence-corrected chi connectivity index (χ0v) is 11.5. The highest BCUT2D eigenvalue weighted by Gasteiger charge is 2.30. The lowest BCUT2D eigenvalue weighted by atomic mass is 10.0. The number of aromatic nitrogens is 2. The fraction of sp³-hybridized carbons (Fsp3) is 0.333. The van der Waals surface area contributed by atoms with Crippen LogP contribution in [0.4, 0.5) is 10.1 Å². The van der Waals surface area contributed by atoms with Gasteiger partial charge in [0.05, 0.1) is 31.2 Å². The predicted octanol–water partition coefficient (Wildman–Crippen LogP) is 3.10. The number of hydrogen-bond donors (Lipinski definition) is 0. The van der Waals surface area contributed by atoms with Crippen LogP contribution < -0.4 is 9.64 Å². The summed E-state index contributed by atoms with van der Waals surface area (Å²) in [6, 6.07) is 3.53. The van der Waals surface area contributed by atoms with Gasteiger partial charge in [0.15, 0.2) is 11.6 Å². The van der Waals surface area contributed by atoms with Gasteiger partial charge in [-0.2, -0.15) is 0 Å². The summed E-state index contributed by atoms with van der Waals surface area (Å²) in [5.41, 5.74) is 3.07. The predicted molar refractivity (Wildman–Crippen MR) is 74.2 cm³/mol. The molecule has 5 heteroatoms. The van der Waals surface area contributed by atoms with Gasteiger partial charge < -0.3 is 9.64 Å². The van der Waals surface area contributed by atoms with Gasteiger partial charge in [0.25, 0.3) is 0 Å². The molecule has 1 aromatic heterocycles. The Morgan fingerprint density at radius 2 is 2.10 bits per heavy atom. The molecule has 0 aliphatic carbocycles. The first-order valence-electron chi connectivity index (χ1n) is 6.62. The topological polar surface area (TPSA) is 38.2 Å². The molecular formula is C15H16FN3O. The van der Waals surface area contributed by atoms with Crippen molar-refractivity contribution in [1.29, 1.82) is 0 Å². The van der Waals surface area contributed by atoms with Crippen LogP contribution >= 0.6 is 0 Å². The molecule has 4 nitrogen and oxygen atoms in total. The Balaban J connectivity index is 2.03. The number of hydrogen-bond acceptors (Lipinski definition) is 4. The summed E-state index contributed by atoms with van der Waals surface area (Å²) in [6.45, 7) is 2.82. The van der Waals surface area contributed by atoms with Crippen LogP contribution in [0.1, 0.15) is 30.5 Å². The van der Waals surface area contributed by atoms with E-state index < -0.39 is 0 Å². The van der Waals surface area contributed by atoms with Crippen molar-refractivity contribution in [2.45, 2.75) is 25.9 Å². The van der Waals surface area contributed by atoms with Crippen LogP contribution in [0.2, 0.25) is 0 Å². The van der Waals surface area contributed by atoms with Crippen LogP contribution in [0.3, 0.4) is 0 Å². The molecule has 20 heavy (non-hydrogen) atoms. The summed E-state index contributed by atoms with van der Waals surface area (Å²) in [7, 11) is 1.49. The van der Waals surface area contributed by atoms with Crippen LogP contribution in [0.5, 0.6) is 5.75 Å². The van der Waals surface area contributed by atoms with Crippen molar-refractivity contribution in [2.24, 2.45) is 0 Å². The molecule has 2 heterocycles. The quantitative estimate of drug-likeness (QED) is 0.861. The van der Waals surface area contributed by atoms with E-state index in [2.05, 4.69) is 21.8 Å². The third kappa shape index (κ3) is 1.99. The molecule has 0 N–H and O–H groups in total. The number of benzene rings is 1. The number of halogens is 1. The number of ether oxygens (including phenoxy) is 1. The molecule has 0 saturated carbocycles. The third-order valence-electron chi connectivity index (χ3n) is 3.75. The second kappa shape index (κ2) is 5.07. The minimum Gasteiger partial charge on any atom is -0.494 e. The van der Waals surface area contributed by atoms with Gasteiger partial charge in [0.2, 0.25) is 0 Å². The Morgan fingerprint density at radius 1 is 1.35 bits per heavy atom. The molecule has 1 unspecified atom stereocenters. The maximum Gasteiger partial charge on any atom is 0.165 e. The summed E-state index contributed by atoms with van der Waals surface area (Å²) >= 11 is 0. The fourth-order valence-electron chi connectivity index (χ4n) is 2.83. The lowest BCUT2D eigenvalue weighted by Crippen LogP contribution is -2.21. The van der Waals surface area contributed by atoms with Crippen molar-refractivity contribution < 1.29 is 9.13 Å². The fourth-order valence-corrected chi connectivity index (χ4v) is 2.83. The number of nitrogens with zero attached hydrogens (tertiary/aromatic N) is 3. The monoisotopic (exact) mass is 273 g/mol. The molecule has 104 valence electrons. The Kier molecular flexibility index (Phi) is 3.26. The molecule has 1 aliphatic rings. The van der Waals surface area contributed by atoms with E-state index in [0.717, 1.165) is 29.8 Å². The van der Waals surface area contributed by atoms with Gasteiger partial charge in [-0.1, -0.05) is 6.92 Å². The number of methoxy groups -OCH3 is 1. The van der Waals surface area contributed by atoms with E-state index in [9.17, 15) is 4.39 Å². The van der Waals surface area contributed by atoms with Crippen molar-refractivity contribution in [3.8, 4) is 5.75 Å². The lowest BCUT2D eigenvalue weighted by Gasteiger charge is -2.25. The lowest BCUT2D eigenvalue weighted by molar-refractivity contribution is 0.385. The minimum absolute atomic E-state index is 0.149. The number of anilines is 1. The van der Waals surface area contributed by atoms with Crippen LogP contribution in [0, 0.1) is 5.82 Å². The second-order valence-corrected chi connectivity index (χ2v) is 4.83.